The van der Waals surface area contributed by atoms with E-state index in [1.165, 1.54) is 6.08 Å². The zero-order valence-electron chi connectivity index (χ0n) is 11.2. The summed E-state index contributed by atoms with van der Waals surface area (Å²) in [6.07, 6.45) is 4.33. The summed E-state index contributed by atoms with van der Waals surface area (Å²) in [6, 6.07) is 6.71. The maximum Gasteiger partial charge on any atom is 0.248 e. The van der Waals surface area contributed by atoms with E-state index >= 15 is 0 Å². The van der Waals surface area contributed by atoms with Crippen molar-refractivity contribution in [2.24, 2.45) is 5.73 Å². The number of nitrogens with zero attached hydrogens (tertiary/aromatic N) is 1. The molecule has 0 aromatic heterocycles. The van der Waals surface area contributed by atoms with Gasteiger partial charge in [-0.2, -0.15) is 0 Å². The van der Waals surface area contributed by atoms with Crippen molar-refractivity contribution in [3.8, 4) is 0 Å². The van der Waals surface area contributed by atoms with E-state index in [4.69, 9.17) is 5.73 Å². The number of amides is 2. The van der Waals surface area contributed by atoms with Gasteiger partial charge in [0.25, 0.3) is 0 Å². The van der Waals surface area contributed by atoms with Crippen LogP contribution in [-0.4, -0.2) is 41.0 Å². The van der Waals surface area contributed by atoms with Gasteiger partial charge in [-0.3, -0.25) is 9.59 Å². The van der Waals surface area contributed by atoms with Crippen molar-refractivity contribution in [2.45, 2.75) is 18.9 Å². The SMILES string of the molecule is NC(=O)c1ccc(/C=C/C(=O)N2CCC[C@H](O)C2)cc1. The van der Waals surface area contributed by atoms with Crippen LogP contribution in [0.4, 0.5) is 0 Å². The van der Waals surface area contributed by atoms with Crippen LogP contribution in [0.2, 0.25) is 0 Å². The second-order valence-electron chi connectivity index (χ2n) is 4.90. The Kier molecular flexibility index (Phi) is 4.53. The molecule has 1 atom stereocenters. The average Bonchev–Trinajstić information content (AvgIpc) is 2.45. The Morgan fingerprint density at radius 3 is 2.60 bits per heavy atom. The van der Waals surface area contributed by atoms with Crippen molar-refractivity contribution >= 4 is 17.9 Å². The zero-order valence-corrected chi connectivity index (χ0v) is 11.2. The first-order valence-electron chi connectivity index (χ1n) is 6.61. The lowest BCUT2D eigenvalue weighted by Gasteiger charge is -2.29. The summed E-state index contributed by atoms with van der Waals surface area (Å²) in [7, 11) is 0. The van der Waals surface area contributed by atoms with E-state index in [0.29, 0.717) is 18.7 Å². The monoisotopic (exact) mass is 274 g/mol. The molecular formula is C15H18N2O3. The van der Waals surface area contributed by atoms with E-state index in [1.807, 2.05) is 0 Å². The van der Waals surface area contributed by atoms with Gasteiger partial charge >= 0.3 is 0 Å². The first kappa shape index (κ1) is 14.3. The molecular weight excluding hydrogens is 256 g/mol. The molecule has 0 spiro atoms. The third kappa shape index (κ3) is 3.68. The maximum absolute atomic E-state index is 11.9. The Morgan fingerprint density at radius 1 is 1.30 bits per heavy atom. The Hall–Kier alpha value is -2.14. The molecule has 3 N–H and O–H groups in total. The van der Waals surface area contributed by atoms with E-state index in [9.17, 15) is 14.7 Å². The largest absolute Gasteiger partial charge is 0.391 e. The van der Waals surface area contributed by atoms with Gasteiger partial charge in [0.2, 0.25) is 11.8 Å². The molecule has 0 radical (unpaired) electrons. The van der Waals surface area contributed by atoms with Crippen molar-refractivity contribution in [1.82, 2.24) is 4.90 Å². The summed E-state index contributed by atoms with van der Waals surface area (Å²) in [5.41, 5.74) is 6.41. The molecule has 106 valence electrons. The van der Waals surface area contributed by atoms with Crippen LogP contribution in [0.3, 0.4) is 0 Å². The summed E-state index contributed by atoms with van der Waals surface area (Å²) in [6.45, 7) is 1.07. The molecule has 1 saturated heterocycles. The van der Waals surface area contributed by atoms with Crippen molar-refractivity contribution < 1.29 is 14.7 Å². The Bertz CT molecular complexity index is 522. The summed E-state index contributed by atoms with van der Waals surface area (Å²) >= 11 is 0. The third-order valence-electron chi connectivity index (χ3n) is 3.32. The number of hydrogen-bond acceptors (Lipinski definition) is 3. The van der Waals surface area contributed by atoms with Gasteiger partial charge < -0.3 is 15.7 Å². The molecule has 2 amide bonds. The predicted octanol–water partition coefficient (Wildman–Crippen LogP) is 0.782. The second-order valence-corrected chi connectivity index (χ2v) is 4.90. The van der Waals surface area contributed by atoms with Gasteiger partial charge in [0.1, 0.15) is 0 Å². The lowest BCUT2D eigenvalue weighted by Crippen LogP contribution is -2.41. The minimum atomic E-state index is -0.473. The number of rotatable bonds is 3. The normalized spacial score (nSPS) is 19.2. The molecule has 1 aromatic rings. The molecule has 5 nitrogen and oxygen atoms in total. The number of aliphatic hydroxyl groups is 1. The van der Waals surface area contributed by atoms with Crippen LogP contribution >= 0.6 is 0 Å². The summed E-state index contributed by atoms with van der Waals surface area (Å²) < 4.78 is 0. The van der Waals surface area contributed by atoms with Crippen LogP contribution in [0.1, 0.15) is 28.8 Å². The van der Waals surface area contributed by atoms with Crippen molar-refractivity contribution in [3.05, 3.63) is 41.5 Å². The fourth-order valence-corrected chi connectivity index (χ4v) is 2.19. The number of carbonyl (C=O) groups excluding carboxylic acids is 2. The first-order chi connectivity index (χ1) is 9.56. The minimum Gasteiger partial charge on any atom is -0.391 e. The zero-order chi connectivity index (χ0) is 14.5. The molecule has 0 unspecified atom stereocenters. The molecule has 1 fully saturated rings. The van der Waals surface area contributed by atoms with E-state index in [-0.39, 0.29) is 5.91 Å². The van der Waals surface area contributed by atoms with Gasteiger partial charge in [-0.15, -0.1) is 0 Å². The van der Waals surface area contributed by atoms with Gasteiger partial charge in [0.15, 0.2) is 0 Å². The average molecular weight is 274 g/mol. The van der Waals surface area contributed by atoms with Crippen LogP contribution in [0.5, 0.6) is 0 Å². The number of likely N-dealkylation sites (tertiary alicyclic amines) is 1. The van der Waals surface area contributed by atoms with Crippen LogP contribution in [0.25, 0.3) is 6.08 Å². The van der Waals surface area contributed by atoms with Gasteiger partial charge in [0.05, 0.1) is 6.10 Å². The molecule has 20 heavy (non-hydrogen) atoms. The Labute approximate surface area is 117 Å². The molecule has 0 saturated carbocycles. The highest BCUT2D eigenvalue weighted by Gasteiger charge is 2.20. The molecule has 2 rings (SSSR count). The minimum absolute atomic E-state index is 0.109. The number of piperidine rings is 1. The van der Waals surface area contributed by atoms with Gasteiger partial charge in [-0.1, -0.05) is 12.1 Å². The molecule has 1 aromatic carbocycles. The molecule has 1 aliphatic heterocycles. The number of carbonyl (C=O) groups is 2. The topological polar surface area (TPSA) is 83.6 Å². The molecule has 0 aliphatic carbocycles. The maximum atomic E-state index is 11.9. The highest BCUT2D eigenvalue weighted by Crippen LogP contribution is 2.11. The van der Waals surface area contributed by atoms with Crippen molar-refractivity contribution in [3.63, 3.8) is 0 Å². The van der Waals surface area contributed by atoms with Crippen molar-refractivity contribution in [1.29, 1.82) is 0 Å². The van der Waals surface area contributed by atoms with Gasteiger partial charge in [0, 0.05) is 24.7 Å². The van der Waals surface area contributed by atoms with Crippen LogP contribution in [-0.2, 0) is 4.79 Å². The quantitative estimate of drug-likeness (QED) is 0.799. The van der Waals surface area contributed by atoms with Crippen LogP contribution < -0.4 is 5.73 Å². The number of aliphatic hydroxyl groups excluding tert-OH is 1. The summed E-state index contributed by atoms with van der Waals surface area (Å²) in [5.74, 6) is -0.582. The lowest BCUT2D eigenvalue weighted by molar-refractivity contribution is -0.128. The lowest BCUT2D eigenvalue weighted by atomic mass is 10.1. The first-order valence-corrected chi connectivity index (χ1v) is 6.61. The smallest absolute Gasteiger partial charge is 0.248 e. The number of primary amides is 1. The molecule has 5 heteroatoms. The van der Waals surface area contributed by atoms with E-state index in [2.05, 4.69) is 0 Å². The fourth-order valence-electron chi connectivity index (χ4n) is 2.19. The Morgan fingerprint density at radius 2 is 2.00 bits per heavy atom. The van der Waals surface area contributed by atoms with E-state index < -0.39 is 12.0 Å². The Balaban J connectivity index is 1.97. The highest BCUT2D eigenvalue weighted by molar-refractivity contribution is 5.94. The number of benzene rings is 1. The molecule has 1 aliphatic rings. The van der Waals surface area contributed by atoms with Crippen LogP contribution in [0.15, 0.2) is 30.3 Å². The van der Waals surface area contributed by atoms with E-state index in [0.717, 1.165) is 18.4 Å². The fraction of sp³-hybridized carbons (Fsp3) is 0.333. The standard InChI is InChI=1S/C15H18N2O3/c16-15(20)12-6-3-11(4-7-12)5-8-14(19)17-9-1-2-13(18)10-17/h3-8,13,18H,1-2,9-10H2,(H2,16,20)/b8-5+/t13-/m0/s1. The van der Waals surface area contributed by atoms with Gasteiger partial charge in [-0.05, 0) is 36.6 Å². The number of hydrogen-bond donors (Lipinski definition) is 2. The highest BCUT2D eigenvalue weighted by atomic mass is 16.3. The number of nitrogens with two attached hydrogens (primary N) is 1. The molecule has 1 heterocycles. The van der Waals surface area contributed by atoms with Crippen molar-refractivity contribution in [2.75, 3.05) is 13.1 Å². The molecule has 0 bridgehead atoms. The van der Waals surface area contributed by atoms with Crippen LogP contribution in [0, 0.1) is 0 Å². The third-order valence-corrected chi connectivity index (χ3v) is 3.32. The number of β-amino-alcohol motifs (C(OH)–C–C–N with tert-alkyl or cyclic N) is 1. The second kappa shape index (κ2) is 6.34. The van der Waals surface area contributed by atoms with E-state index in [1.54, 1.807) is 35.2 Å². The summed E-state index contributed by atoms with van der Waals surface area (Å²) in [5, 5.41) is 9.53. The summed E-state index contributed by atoms with van der Waals surface area (Å²) in [4.78, 5) is 24.5. The predicted molar refractivity (Wildman–Crippen MR) is 75.8 cm³/mol. The van der Waals surface area contributed by atoms with Gasteiger partial charge in [-0.25, -0.2) is 0 Å².